The highest BCUT2D eigenvalue weighted by Gasteiger charge is 2.07. The first-order valence-electron chi connectivity index (χ1n) is 7.70. The first-order valence-corrected chi connectivity index (χ1v) is 7.70. The number of benzene rings is 2. The van der Waals surface area contributed by atoms with E-state index in [4.69, 9.17) is 4.74 Å². The minimum atomic E-state index is 0.309. The fraction of sp³-hybridized carbons (Fsp3) is 0.0500. The zero-order valence-corrected chi connectivity index (χ0v) is 13.2. The molecule has 2 aromatic heterocycles. The molecule has 0 saturated heterocycles. The van der Waals surface area contributed by atoms with Gasteiger partial charge in [-0.2, -0.15) is 0 Å². The average Bonchev–Trinajstić information content (AvgIpc) is 2.63. The second-order valence-electron chi connectivity index (χ2n) is 5.55. The smallest absolute Gasteiger partial charge is 0.321 e. The fourth-order valence-corrected chi connectivity index (χ4v) is 2.52. The van der Waals surface area contributed by atoms with Crippen molar-refractivity contribution in [3.63, 3.8) is 0 Å². The molecule has 4 nitrogen and oxygen atoms in total. The minimum absolute atomic E-state index is 0.309. The van der Waals surface area contributed by atoms with Gasteiger partial charge < -0.3 is 4.74 Å². The van der Waals surface area contributed by atoms with Gasteiger partial charge in [0.25, 0.3) is 0 Å². The molecule has 0 aliphatic carbocycles. The molecule has 0 fully saturated rings. The van der Waals surface area contributed by atoms with Crippen molar-refractivity contribution in [1.82, 2.24) is 15.0 Å². The predicted molar refractivity (Wildman–Crippen MR) is 94.0 cm³/mol. The Bertz CT molecular complexity index is 974. The molecule has 0 N–H and O–H groups in total. The van der Waals surface area contributed by atoms with Crippen LogP contribution in [0.1, 0.15) is 5.56 Å². The molecule has 0 unspecified atom stereocenters. The molecule has 4 rings (SSSR count). The number of pyridine rings is 1. The van der Waals surface area contributed by atoms with Crippen molar-refractivity contribution in [2.24, 2.45) is 0 Å². The van der Waals surface area contributed by atoms with Crippen molar-refractivity contribution in [3.8, 4) is 22.9 Å². The Kier molecular flexibility index (Phi) is 3.63. The predicted octanol–water partition coefficient (Wildman–Crippen LogP) is 4.79. The first kappa shape index (κ1) is 14.3. The standard InChI is InChI=1S/C20H15N3O/c1-14-7-9-15(10-8-14)17-12-22-20(23-13-17)24-18-6-2-4-16-5-3-11-21-19(16)18/h2-13H,1H3. The lowest BCUT2D eigenvalue weighted by Crippen LogP contribution is -1.93. The minimum Gasteiger partial charge on any atom is -0.422 e. The van der Waals surface area contributed by atoms with Crippen LogP contribution in [-0.2, 0) is 0 Å². The van der Waals surface area contributed by atoms with E-state index in [-0.39, 0.29) is 0 Å². The van der Waals surface area contributed by atoms with Gasteiger partial charge in [0.1, 0.15) is 5.52 Å². The molecule has 116 valence electrons. The maximum atomic E-state index is 5.82. The molecule has 0 saturated carbocycles. The molecule has 0 bridgehead atoms. The Morgan fingerprint density at radius 1 is 0.750 bits per heavy atom. The number of para-hydroxylation sites is 1. The Balaban J connectivity index is 1.62. The summed E-state index contributed by atoms with van der Waals surface area (Å²) in [5.41, 5.74) is 4.06. The van der Waals surface area contributed by atoms with E-state index in [0.29, 0.717) is 11.8 Å². The van der Waals surface area contributed by atoms with E-state index >= 15 is 0 Å². The molecule has 4 heteroatoms. The van der Waals surface area contributed by atoms with Gasteiger partial charge in [-0.25, -0.2) is 9.97 Å². The van der Waals surface area contributed by atoms with Crippen LogP contribution in [0.2, 0.25) is 0 Å². The Morgan fingerprint density at radius 3 is 2.29 bits per heavy atom. The van der Waals surface area contributed by atoms with Gasteiger partial charge in [0, 0.05) is 29.5 Å². The number of hydrogen-bond acceptors (Lipinski definition) is 4. The van der Waals surface area contributed by atoms with Crippen LogP contribution in [0.25, 0.3) is 22.0 Å². The second-order valence-corrected chi connectivity index (χ2v) is 5.55. The highest BCUT2D eigenvalue weighted by atomic mass is 16.5. The Hall–Kier alpha value is -3.27. The number of rotatable bonds is 3. The molecule has 2 aromatic carbocycles. The summed E-state index contributed by atoms with van der Waals surface area (Å²) in [5.74, 6) is 0.649. The lowest BCUT2D eigenvalue weighted by Gasteiger charge is -2.07. The van der Waals surface area contributed by atoms with E-state index in [0.717, 1.165) is 22.0 Å². The highest BCUT2D eigenvalue weighted by Crippen LogP contribution is 2.27. The number of fused-ring (bicyclic) bond motifs is 1. The second kappa shape index (κ2) is 6.08. The fourth-order valence-electron chi connectivity index (χ4n) is 2.52. The molecular weight excluding hydrogens is 298 g/mol. The number of aromatic nitrogens is 3. The SMILES string of the molecule is Cc1ccc(-c2cnc(Oc3cccc4cccnc34)nc2)cc1. The topological polar surface area (TPSA) is 47.9 Å². The third kappa shape index (κ3) is 2.82. The van der Waals surface area contributed by atoms with Gasteiger partial charge in [0.15, 0.2) is 5.75 Å². The molecule has 0 aliphatic rings. The van der Waals surface area contributed by atoms with Crippen molar-refractivity contribution in [1.29, 1.82) is 0 Å². The number of ether oxygens (including phenoxy) is 1. The van der Waals surface area contributed by atoms with Gasteiger partial charge in [0.2, 0.25) is 0 Å². The third-order valence-corrected chi connectivity index (χ3v) is 3.81. The molecule has 0 radical (unpaired) electrons. The largest absolute Gasteiger partial charge is 0.422 e. The lowest BCUT2D eigenvalue weighted by atomic mass is 10.1. The summed E-state index contributed by atoms with van der Waals surface area (Å²) in [7, 11) is 0. The quantitative estimate of drug-likeness (QED) is 0.545. The number of hydrogen-bond donors (Lipinski definition) is 0. The van der Waals surface area contributed by atoms with Crippen LogP contribution in [0.5, 0.6) is 11.8 Å². The van der Waals surface area contributed by atoms with Crippen molar-refractivity contribution < 1.29 is 4.74 Å². The molecule has 0 spiro atoms. The van der Waals surface area contributed by atoms with E-state index in [1.165, 1.54) is 5.56 Å². The third-order valence-electron chi connectivity index (χ3n) is 3.81. The summed E-state index contributed by atoms with van der Waals surface area (Å²) >= 11 is 0. The zero-order chi connectivity index (χ0) is 16.4. The van der Waals surface area contributed by atoms with E-state index in [9.17, 15) is 0 Å². The van der Waals surface area contributed by atoms with Gasteiger partial charge in [0.05, 0.1) is 0 Å². The Labute approximate surface area is 139 Å². The summed E-state index contributed by atoms with van der Waals surface area (Å²) in [6, 6.07) is 18.3. The molecule has 0 amide bonds. The van der Waals surface area contributed by atoms with Gasteiger partial charge in [-0.1, -0.05) is 48.0 Å². The lowest BCUT2D eigenvalue weighted by molar-refractivity contribution is 0.446. The molecule has 4 aromatic rings. The summed E-state index contributed by atoms with van der Waals surface area (Å²) in [6.07, 6.45) is 5.29. The Morgan fingerprint density at radius 2 is 1.50 bits per heavy atom. The summed E-state index contributed by atoms with van der Waals surface area (Å²) in [6.45, 7) is 2.06. The molecule has 0 aliphatic heterocycles. The van der Waals surface area contributed by atoms with E-state index < -0.39 is 0 Å². The van der Waals surface area contributed by atoms with Crippen LogP contribution in [0.15, 0.2) is 73.2 Å². The number of nitrogens with zero attached hydrogens (tertiary/aromatic N) is 3. The van der Waals surface area contributed by atoms with Crippen molar-refractivity contribution in [2.45, 2.75) is 6.92 Å². The van der Waals surface area contributed by atoms with Crippen LogP contribution in [0.3, 0.4) is 0 Å². The molecule has 24 heavy (non-hydrogen) atoms. The maximum Gasteiger partial charge on any atom is 0.321 e. The monoisotopic (exact) mass is 313 g/mol. The van der Waals surface area contributed by atoms with Crippen LogP contribution < -0.4 is 4.74 Å². The van der Waals surface area contributed by atoms with Crippen molar-refractivity contribution >= 4 is 10.9 Å². The van der Waals surface area contributed by atoms with Gasteiger partial charge in [-0.05, 0) is 24.6 Å². The van der Waals surface area contributed by atoms with Crippen molar-refractivity contribution in [2.75, 3.05) is 0 Å². The molecule has 2 heterocycles. The van der Waals surface area contributed by atoms with E-state index in [1.807, 2.05) is 30.3 Å². The summed E-state index contributed by atoms with van der Waals surface area (Å²) in [5, 5.41) is 1.02. The van der Waals surface area contributed by atoms with E-state index in [2.05, 4.69) is 46.1 Å². The molecular formula is C20H15N3O. The first-order chi connectivity index (χ1) is 11.8. The normalized spacial score (nSPS) is 10.7. The summed E-state index contributed by atoms with van der Waals surface area (Å²) in [4.78, 5) is 13.0. The highest BCUT2D eigenvalue weighted by molar-refractivity contribution is 5.84. The van der Waals surface area contributed by atoms with E-state index in [1.54, 1.807) is 18.6 Å². The van der Waals surface area contributed by atoms with Gasteiger partial charge in [-0.3, -0.25) is 4.98 Å². The maximum absolute atomic E-state index is 5.82. The van der Waals surface area contributed by atoms with Crippen LogP contribution in [-0.4, -0.2) is 15.0 Å². The van der Waals surface area contributed by atoms with Crippen molar-refractivity contribution in [3.05, 3.63) is 78.8 Å². The number of aryl methyl sites for hydroxylation is 1. The van der Waals surface area contributed by atoms with Crippen LogP contribution in [0, 0.1) is 6.92 Å². The molecule has 0 atom stereocenters. The van der Waals surface area contributed by atoms with Gasteiger partial charge >= 0.3 is 6.01 Å². The average molecular weight is 313 g/mol. The van der Waals surface area contributed by atoms with Crippen LogP contribution >= 0.6 is 0 Å². The zero-order valence-electron chi connectivity index (χ0n) is 13.2. The summed E-state index contributed by atoms with van der Waals surface area (Å²) < 4.78 is 5.82. The van der Waals surface area contributed by atoms with Crippen LogP contribution in [0.4, 0.5) is 0 Å². The van der Waals surface area contributed by atoms with Gasteiger partial charge in [-0.15, -0.1) is 0 Å².